The highest BCUT2D eigenvalue weighted by Gasteiger charge is 2.20. The van der Waals surface area contributed by atoms with E-state index in [1.165, 1.54) is 0 Å². The van der Waals surface area contributed by atoms with E-state index in [2.05, 4.69) is 111 Å². The molecule has 0 N–H and O–H groups in total. The summed E-state index contributed by atoms with van der Waals surface area (Å²) < 4.78 is 17.4. The molecule has 0 aliphatic carbocycles. The van der Waals surface area contributed by atoms with Crippen molar-refractivity contribution in [1.82, 2.24) is 14.1 Å². The fourth-order valence-electron chi connectivity index (χ4n) is 7.74. The van der Waals surface area contributed by atoms with E-state index < -0.39 is 0 Å². The van der Waals surface area contributed by atoms with Crippen LogP contribution >= 0.6 is 0 Å². The predicted molar refractivity (Wildman–Crippen MR) is 192 cm³/mol. The Bertz CT molecular complexity index is 3200. The lowest BCUT2D eigenvalue weighted by molar-refractivity contribution is 0.668. The van der Waals surface area contributed by atoms with Crippen LogP contribution in [0.3, 0.4) is 0 Å². The van der Waals surface area contributed by atoms with E-state index in [0.717, 1.165) is 99.0 Å². The van der Waals surface area contributed by atoms with Gasteiger partial charge in [0.05, 0.1) is 39.1 Å². The summed E-state index contributed by atoms with van der Waals surface area (Å²) in [4.78, 5) is 4.62. The van der Waals surface area contributed by atoms with Crippen LogP contribution in [-0.4, -0.2) is 14.1 Å². The van der Waals surface area contributed by atoms with Gasteiger partial charge in [-0.05, 0) is 91.0 Å². The number of hydrogen-bond donors (Lipinski definition) is 0. The molecular weight excluding hydrogens is 592 g/mol. The predicted octanol–water partition coefficient (Wildman–Crippen LogP) is 10.9. The number of nitriles is 1. The molecule has 11 rings (SSSR count). The summed E-state index contributed by atoms with van der Waals surface area (Å²) in [6, 6.07) is 46.0. The van der Waals surface area contributed by atoms with Crippen LogP contribution in [0.2, 0.25) is 0 Å². The summed E-state index contributed by atoms with van der Waals surface area (Å²) in [5.41, 5.74) is 11.2. The lowest BCUT2D eigenvalue weighted by Gasteiger charge is -2.09. The molecule has 0 bridgehead atoms. The van der Waals surface area contributed by atoms with Crippen molar-refractivity contribution in [3.8, 4) is 17.4 Å². The molecule has 48 heavy (non-hydrogen) atoms. The second-order valence-electron chi connectivity index (χ2n) is 12.3. The van der Waals surface area contributed by atoms with Crippen LogP contribution in [-0.2, 0) is 0 Å². The van der Waals surface area contributed by atoms with Gasteiger partial charge in [0, 0.05) is 49.9 Å². The molecule has 5 heterocycles. The fourth-order valence-corrected chi connectivity index (χ4v) is 7.74. The van der Waals surface area contributed by atoms with Gasteiger partial charge in [-0.2, -0.15) is 5.26 Å². The van der Waals surface area contributed by atoms with Crippen molar-refractivity contribution < 1.29 is 8.83 Å². The van der Waals surface area contributed by atoms with E-state index >= 15 is 0 Å². The molecule has 0 saturated carbocycles. The van der Waals surface area contributed by atoms with Crippen LogP contribution in [0.25, 0.3) is 99.0 Å². The van der Waals surface area contributed by atoms with Crippen molar-refractivity contribution >= 4 is 87.6 Å². The number of aromatic nitrogens is 3. The maximum Gasteiger partial charge on any atom is 0.153 e. The van der Waals surface area contributed by atoms with E-state index in [1.54, 1.807) is 0 Å². The van der Waals surface area contributed by atoms with E-state index in [4.69, 9.17) is 8.83 Å². The van der Waals surface area contributed by atoms with Crippen LogP contribution < -0.4 is 0 Å². The zero-order valence-electron chi connectivity index (χ0n) is 25.3. The molecule has 6 aromatic carbocycles. The largest absolute Gasteiger partial charge is 0.456 e. The van der Waals surface area contributed by atoms with Gasteiger partial charge in [0.2, 0.25) is 0 Å². The van der Waals surface area contributed by atoms with Gasteiger partial charge in [0.15, 0.2) is 5.58 Å². The first kappa shape index (κ1) is 25.4. The van der Waals surface area contributed by atoms with Crippen LogP contribution in [0, 0.1) is 11.3 Å². The van der Waals surface area contributed by atoms with Crippen molar-refractivity contribution in [2.75, 3.05) is 0 Å². The van der Waals surface area contributed by atoms with Crippen LogP contribution in [0.5, 0.6) is 0 Å². The third kappa shape index (κ3) is 3.26. The van der Waals surface area contributed by atoms with Gasteiger partial charge in [-0.3, -0.25) is 4.98 Å². The topological polar surface area (TPSA) is 72.8 Å². The Labute approximate surface area is 271 Å². The first-order valence-electron chi connectivity index (χ1n) is 15.8. The number of furan rings is 2. The standard InChI is InChI=1S/C42H22N4O2/c43-23-24-11-15-35-30(20-24)27-6-1-3-8-33(27)45(35)25-12-17-37-31(21-25)32-22-26(13-18-38(32)47-37)46-34-9-4-2-7-28(34)40-36(46)16-14-29-41-39(48-42(29)40)10-5-19-44-41/h1-22H. The Balaban J connectivity index is 1.17. The second-order valence-corrected chi connectivity index (χ2v) is 12.3. The van der Waals surface area contributed by atoms with Gasteiger partial charge in [0.1, 0.15) is 22.3 Å². The summed E-state index contributed by atoms with van der Waals surface area (Å²) in [6.07, 6.45) is 1.81. The molecule has 0 aliphatic heterocycles. The van der Waals surface area contributed by atoms with Gasteiger partial charge in [-0.15, -0.1) is 0 Å². The van der Waals surface area contributed by atoms with Gasteiger partial charge >= 0.3 is 0 Å². The molecule has 0 aliphatic rings. The number of fused-ring (bicyclic) bond motifs is 13. The van der Waals surface area contributed by atoms with E-state index in [0.29, 0.717) is 5.56 Å². The number of benzene rings is 6. The fraction of sp³-hybridized carbons (Fsp3) is 0. The highest BCUT2D eigenvalue weighted by Crippen LogP contribution is 2.41. The first-order chi connectivity index (χ1) is 23.7. The molecule has 0 radical (unpaired) electrons. The zero-order valence-corrected chi connectivity index (χ0v) is 25.3. The second kappa shape index (κ2) is 9.12. The highest BCUT2D eigenvalue weighted by atomic mass is 16.3. The minimum absolute atomic E-state index is 0.650. The molecule has 11 aromatic rings. The summed E-state index contributed by atoms with van der Waals surface area (Å²) in [6.45, 7) is 0. The molecule has 6 heteroatoms. The lowest BCUT2D eigenvalue weighted by Crippen LogP contribution is -1.94. The SMILES string of the molecule is N#Cc1ccc2c(c1)c1ccccc1n2-c1ccc2oc3ccc(-n4c5ccccc5c5c6oc7cccnc7c6ccc54)cc3c2c1. The van der Waals surface area contributed by atoms with Crippen LogP contribution in [0.15, 0.2) is 142 Å². The minimum Gasteiger partial charge on any atom is -0.456 e. The van der Waals surface area contributed by atoms with Crippen molar-refractivity contribution in [2.45, 2.75) is 0 Å². The molecular formula is C42H22N4O2. The number of nitrogens with zero attached hydrogens (tertiary/aromatic N) is 4. The maximum atomic E-state index is 9.60. The molecule has 0 amide bonds. The Kier molecular flexibility index (Phi) is 4.82. The number of rotatable bonds is 2. The maximum absolute atomic E-state index is 9.60. The average Bonchev–Trinajstić information content (AvgIpc) is 3.88. The number of pyridine rings is 1. The Morgan fingerprint density at radius 2 is 1.17 bits per heavy atom. The van der Waals surface area contributed by atoms with E-state index in [1.807, 2.05) is 42.6 Å². The van der Waals surface area contributed by atoms with Gasteiger partial charge in [-0.1, -0.05) is 36.4 Å². The summed E-state index contributed by atoms with van der Waals surface area (Å²) >= 11 is 0. The van der Waals surface area contributed by atoms with E-state index in [9.17, 15) is 5.26 Å². The highest BCUT2D eigenvalue weighted by molar-refractivity contribution is 6.23. The molecule has 0 unspecified atom stereocenters. The quantitative estimate of drug-likeness (QED) is 0.194. The number of hydrogen-bond acceptors (Lipinski definition) is 4. The molecule has 0 atom stereocenters. The third-order valence-corrected chi connectivity index (χ3v) is 9.78. The molecule has 5 aromatic heterocycles. The summed E-state index contributed by atoms with van der Waals surface area (Å²) in [5.74, 6) is 0. The monoisotopic (exact) mass is 614 g/mol. The molecule has 222 valence electrons. The van der Waals surface area contributed by atoms with Crippen molar-refractivity contribution in [3.63, 3.8) is 0 Å². The van der Waals surface area contributed by atoms with E-state index in [-0.39, 0.29) is 0 Å². The summed E-state index contributed by atoms with van der Waals surface area (Å²) in [5, 5.41) is 17.1. The van der Waals surface area contributed by atoms with Crippen molar-refractivity contribution in [1.29, 1.82) is 5.26 Å². The van der Waals surface area contributed by atoms with Crippen LogP contribution in [0.1, 0.15) is 5.56 Å². The Morgan fingerprint density at radius 1 is 0.500 bits per heavy atom. The molecule has 0 saturated heterocycles. The first-order valence-corrected chi connectivity index (χ1v) is 15.8. The normalized spacial score (nSPS) is 12.1. The van der Waals surface area contributed by atoms with Gasteiger partial charge in [-0.25, -0.2) is 0 Å². The third-order valence-electron chi connectivity index (χ3n) is 9.78. The molecule has 6 nitrogen and oxygen atoms in total. The molecule has 0 fully saturated rings. The van der Waals surface area contributed by atoms with Crippen LogP contribution in [0.4, 0.5) is 0 Å². The average molecular weight is 615 g/mol. The minimum atomic E-state index is 0.650. The van der Waals surface area contributed by atoms with Crippen molar-refractivity contribution in [3.05, 3.63) is 139 Å². The van der Waals surface area contributed by atoms with Gasteiger partial charge < -0.3 is 18.0 Å². The van der Waals surface area contributed by atoms with Gasteiger partial charge in [0.25, 0.3) is 0 Å². The molecule has 0 spiro atoms. The zero-order chi connectivity index (χ0) is 31.5. The number of para-hydroxylation sites is 2. The Morgan fingerprint density at radius 3 is 1.94 bits per heavy atom. The van der Waals surface area contributed by atoms with Crippen molar-refractivity contribution in [2.24, 2.45) is 0 Å². The Hall–Kier alpha value is -6.84. The summed E-state index contributed by atoms with van der Waals surface area (Å²) in [7, 11) is 0. The lowest BCUT2D eigenvalue weighted by atomic mass is 10.1. The smallest absolute Gasteiger partial charge is 0.153 e.